The zero-order valence-corrected chi connectivity index (χ0v) is 35.1. The van der Waals surface area contributed by atoms with Crippen LogP contribution in [-0.2, 0) is 41.2 Å². The molecule has 0 spiro atoms. The number of hydrogen-bond donors (Lipinski definition) is 4. The molecule has 320 valence electrons. The fraction of sp³-hybridized carbons (Fsp3) is 0.348. The fourth-order valence-electron chi connectivity index (χ4n) is 9.18. The normalized spacial score (nSPS) is 18.5. The van der Waals surface area contributed by atoms with Crippen molar-refractivity contribution in [3.63, 3.8) is 0 Å². The second-order valence-electron chi connectivity index (χ2n) is 16.6. The highest BCUT2D eigenvalue weighted by Gasteiger charge is 2.45. The number of esters is 1. The minimum atomic E-state index is -1.91. The number of nitrogens with one attached hydrogen (secondary N) is 1. The maximum atomic E-state index is 13.7. The smallest absolute Gasteiger partial charge is 0.415 e. The Balaban J connectivity index is 0.882. The number of nitrogens with zero attached hydrogens (tertiary/aromatic N) is 6. The van der Waals surface area contributed by atoms with Gasteiger partial charge in [-0.3, -0.25) is 9.69 Å². The number of ether oxygens (including phenoxy) is 2. The first-order chi connectivity index (χ1) is 29.7. The van der Waals surface area contributed by atoms with Crippen LogP contribution in [0.5, 0.6) is 17.2 Å². The molecule has 0 aliphatic carbocycles. The molecule has 16 nitrogen and oxygen atoms in total. The van der Waals surface area contributed by atoms with Gasteiger partial charge in [-0.05, 0) is 84.8 Å². The molecule has 3 aromatic heterocycles. The summed E-state index contributed by atoms with van der Waals surface area (Å²) in [5.74, 6) is -0.420. The molecule has 6 heterocycles. The molecule has 3 aliphatic heterocycles. The number of carbonyl (C=O) groups is 2. The first kappa shape index (κ1) is 40.6. The lowest BCUT2D eigenvalue weighted by atomic mass is 9.86. The number of aromatic amines is 1. The molecular formula is C46H47N7O9. The number of aryl methyl sites for hydroxylation is 1. The van der Waals surface area contributed by atoms with Crippen LogP contribution in [0.3, 0.4) is 0 Å². The molecule has 4 N–H and O–H groups in total. The molecule has 0 saturated carbocycles. The molecular weight excluding hydrogens is 795 g/mol. The number of hydrogen-bond acceptors (Lipinski definition) is 12. The summed E-state index contributed by atoms with van der Waals surface area (Å²) in [7, 11) is 0. The highest BCUT2D eigenvalue weighted by atomic mass is 16.6. The van der Waals surface area contributed by atoms with Crippen molar-refractivity contribution in [2.75, 3.05) is 19.6 Å². The van der Waals surface area contributed by atoms with Gasteiger partial charge in [0.15, 0.2) is 11.4 Å². The van der Waals surface area contributed by atoms with E-state index in [9.17, 15) is 34.5 Å². The summed E-state index contributed by atoms with van der Waals surface area (Å²) in [5.41, 5.74) is 3.97. The molecule has 1 fully saturated rings. The number of fused-ring (bicyclic) bond motifs is 5. The highest BCUT2D eigenvalue weighted by Crippen LogP contribution is 2.41. The Morgan fingerprint density at radius 1 is 1.00 bits per heavy atom. The minimum Gasteiger partial charge on any atom is -0.508 e. The predicted octanol–water partition coefficient (Wildman–Crippen LogP) is 5.42. The summed E-state index contributed by atoms with van der Waals surface area (Å²) in [6.07, 6.45) is 0.220. The quantitative estimate of drug-likeness (QED) is 0.142. The summed E-state index contributed by atoms with van der Waals surface area (Å²) in [5, 5.41) is 39.8. The van der Waals surface area contributed by atoms with Gasteiger partial charge in [-0.1, -0.05) is 39.8 Å². The monoisotopic (exact) mass is 841 g/mol. The molecule has 62 heavy (non-hydrogen) atoms. The van der Waals surface area contributed by atoms with Crippen LogP contribution in [0.15, 0.2) is 70.3 Å². The lowest BCUT2D eigenvalue weighted by Crippen LogP contribution is -2.54. The van der Waals surface area contributed by atoms with Crippen molar-refractivity contribution in [2.45, 2.75) is 84.7 Å². The van der Waals surface area contributed by atoms with Crippen LogP contribution in [0.25, 0.3) is 39.4 Å². The number of rotatable bonds is 8. The van der Waals surface area contributed by atoms with Crippen LogP contribution < -0.4 is 16.0 Å². The summed E-state index contributed by atoms with van der Waals surface area (Å²) < 4.78 is 14.2. The highest BCUT2D eigenvalue weighted by molar-refractivity contribution is 5.90. The molecule has 1 saturated heterocycles. The van der Waals surface area contributed by atoms with Gasteiger partial charge in [0.25, 0.3) is 5.56 Å². The number of aromatic nitrogens is 5. The van der Waals surface area contributed by atoms with Crippen molar-refractivity contribution in [3.05, 3.63) is 115 Å². The van der Waals surface area contributed by atoms with Crippen LogP contribution in [-0.4, -0.2) is 87.2 Å². The zero-order valence-electron chi connectivity index (χ0n) is 35.1. The number of phenolic OH excluding ortho intramolecular Hbond substituents is 2. The van der Waals surface area contributed by atoms with Gasteiger partial charge in [-0.15, -0.1) is 0 Å². The van der Waals surface area contributed by atoms with Gasteiger partial charge in [-0.2, -0.15) is 5.10 Å². The van der Waals surface area contributed by atoms with E-state index >= 15 is 0 Å². The first-order valence-corrected chi connectivity index (χ1v) is 20.9. The third-order valence-corrected chi connectivity index (χ3v) is 12.6. The third kappa shape index (κ3) is 6.61. The Labute approximate surface area is 355 Å². The number of pyridine rings is 2. The second kappa shape index (κ2) is 15.3. The Hall–Kier alpha value is -6.78. The van der Waals surface area contributed by atoms with Crippen molar-refractivity contribution >= 4 is 23.0 Å². The summed E-state index contributed by atoms with van der Waals surface area (Å²) in [6.45, 7) is 11.9. The molecule has 16 heteroatoms. The van der Waals surface area contributed by atoms with Crippen molar-refractivity contribution in [3.8, 4) is 45.7 Å². The number of amides is 1. The van der Waals surface area contributed by atoms with E-state index in [0.29, 0.717) is 72.1 Å². The van der Waals surface area contributed by atoms with Crippen LogP contribution in [0.2, 0.25) is 0 Å². The van der Waals surface area contributed by atoms with Crippen LogP contribution in [0.4, 0.5) is 4.79 Å². The van der Waals surface area contributed by atoms with E-state index in [1.54, 1.807) is 40.7 Å². The van der Waals surface area contributed by atoms with Gasteiger partial charge in [0, 0.05) is 54.8 Å². The lowest BCUT2D eigenvalue weighted by Gasteiger charge is -2.39. The Morgan fingerprint density at radius 3 is 2.48 bits per heavy atom. The molecule has 6 aromatic rings. The number of phenols is 2. The van der Waals surface area contributed by atoms with Crippen LogP contribution in [0, 0.1) is 0 Å². The average Bonchev–Trinajstić information content (AvgIpc) is 3.81. The van der Waals surface area contributed by atoms with E-state index < -0.39 is 23.4 Å². The second-order valence-corrected chi connectivity index (χ2v) is 16.6. The number of aliphatic hydroxyl groups is 1. The zero-order chi connectivity index (χ0) is 43.8. The van der Waals surface area contributed by atoms with Crippen molar-refractivity contribution in [1.29, 1.82) is 0 Å². The minimum absolute atomic E-state index is 0.0246. The largest absolute Gasteiger partial charge is 0.508 e. The van der Waals surface area contributed by atoms with E-state index in [1.807, 2.05) is 58.0 Å². The number of H-pyrrole nitrogens is 1. The Morgan fingerprint density at radius 2 is 1.77 bits per heavy atom. The Bertz CT molecular complexity index is 2930. The van der Waals surface area contributed by atoms with Gasteiger partial charge in [0.2, 0.25) is 0 Å². The van der Waals surface area contributed by atoms with Gasteiger partial charge >= 0.3 is 17.8 Å². The molecule has 2 atom stereocenters. The van der Waals surface area contributed by atoms with Crippen molar-refractivity contribution in [2.24, 2.45) is 0 Å². The van der Waals surface area contributed by atoms with E-state index in [2.05, 4.69) is 15.1 Å². The van der Waals surface area contributed by atoms with Gasteiger partial charge in [0.05, 0.1) is 40.3 Å². The first-order valence-electron chi connectivity index (χ1n) is 20.9. The maximum absolute atomic E-state index is 13.7. The average molecular weight is 842 g/mol. The van der Waals surface area contributed by atoms with E-state index in [-0.39, 0.29) is 65.5 Å². The number of aromatic hydroxyl groups is 2. The Kier molecular flexibility index (Phi) is 10.0. The predicted molar refractivity (Wildman–Crippen MR) is 228 cm³/mol. The van der Waals surface area contributed by atoms with Crippen molar-refractivity contribution in [1.82, 2.24) is 34.1 Å². The maximum Gasteiger partial charge on any atom is 0.415 e. The molecule has 0 radical (unpaired) electrons. The lowest BCUT2D eigenvalue weighted by molar-refractivity contribution is -0.172. The van der Waals surface area contributed by atoms with Gasteiger partial charge < -0.3 is 34.3 Å². The SMILES string of the molecule is CCc1c2c(nc3ccc(OC(=O)N4CCN(Cc5ccc(-n6c(-c7cc(C(C)C)c(O)cc7O)n[nH]c6=O)cc5)CC4C)cc13)-c1cc3c(c(=O)n1C2)COC(=O)C3(O)CC. The van der Waals surface area contributed by atoms with Crippen LogP contribution in [0.1, 0.15) is 80.3 Å². The molecule has 9 rings (SSSR count). The standard InChI is InChI=1S/C46H47N7O9/c1-6-29-31-16-28(12-13-36(31)47-40-33(29)22-52-37(40)18-35-34(42(52)56)23-61-43(57)46(35,60)7-2)62-45(59)51-15-14-50(20-25(51)5)21-26-8-10-27(11-9-26)53-41(48-49-44(53)58)32-17-30(24(3)4)38(54)19-39(32)55/h8-13,16-19,24-25,54-55,60H,6-7,14-15,20-23H2,1-5H3,(H,49,58). The number of cyclic esters (lactones) is 1. The number of benzene rings is 3. The van der Waals surface area contributed by atoms with E-state index in [4.69, 9.17) is 14.5 Å². The fourth-order valence-corrected chi connectivity index (χ4v) is 9.18. The number of carbonyl (C=O) groups excluding carboxylic acids is 2. The summed E-state index contributed by atoms with van der Waals surface area (Å²) >= 11 is 0. The number of piperazine rings is 1. The third-order valence-electron chi connectivity index (χ3n) is 12.6. The molecule has 2 unspecified atom stereocenters. The van der Waals surface area contributed by atoms with Crippen LogP contribution >= 0.6 is 0 Å². The van der Waals surface area contributed by atoms with Crippen molar-refractivity contribution < 1.29 is 34.4 Å². The topological polar surface area (TPSA) is 205 Å². The van der Waals surface area contributed by atoms with Gasteiger partial charge in [0.1, 0.15) is 23.9 Å². The van der Waals surface area contributed by atoms with E-state index in [1.165, 1.54) is 10.6 Å². The van der Waals surface area contributed by atoms with E-state index in [0.717, 1.165) is 22.1 Å². The molecule has 0 bridgehead atoms. The molecule has 3 aliphatic rings. The van der Waals surface area contributed by atoms with Gasteiger partial charge in [-0.25, -0.2) is 29.0 Å². The molecule has 3 aromatic carbocycles. The molecule has 1 amide bonds. The summed E-state index contributed by atoms with van der Waals surface area (Å²) in [4.78, 5) is 61.9. The summed E-state index contributed by atoms with van der Waals surface area (Å²) in [6, 6.07) is 17.3.